The van der Waals surface area contributed by atoms with Gasteiger partial charge in [-0.25, -0.2) is 9.97 Å². The van der Waals surface area contributed by atoms with Gasteiger partial charge in [0.25, 0.3) is 0 Å². The molecule has 0 saturated carbocycles. The lowest BCUT2D eigenvalue weighted by Crippen LogP contribution is -2.17. The third-order valence-corrected chi connectivity index (χ3v) is 3.46. The maximum atomic E-state index is 8.91. The normalized spacial score (nSPS) is 10.2. The van der Waals surface area contributed by atoms with E-state index in [1.165, 1.54) is 11.3 Å². The first-order chi connectivity index (χ1) is 10.1. The van der Waals surface area contributed by atoms with Crippen LogP contribution in [-0.4, -0.2) is 23.6 Å². The quantitative estimate of drug-likeness (QED) is 0.844. The number of aryl methyl sites for hydroxylation is 1. The topological polar surface area (TPSA) is 52.8 Å². The summed E-state index contributed by atoms with van der Waals surface area (Å²) in [5.74, 6) is 0.231. The number of hydrogen-bond donors (Lipinski definition) is 0. The van der Waals surface area contributed by atoms with Crippen LogP contribution in [0.25, 0.3) is 0 Å². The summed E-state index contributed by atoms with van der Waals surface area (Å²) in [6.45, 7) is 5.19. The average Bonchev–Trinajstić information content (AvgIpc) is 2.50. The summed E-state index contributed by atoms with van der Waals surface area (Å²) in [5, 5.41) is 8.91. The van der Waals surface area contributed by atoms with E-state index in [1.54, 1.807) is 6.20 Å². The molecule has 2 rings (SSSR count). The van der Waals surface area contributed by atoms with Crippen LogP contribution in [-0.2, 0) is 6.42 Å². The Morgan fingerprint density at radius 2 is 2.14 bits per heavy atom. The second-order valence-corrected chi connectivity index (χ2v) is 5.20. The van der Waals surface area contributed by atoms with Crippen molar-refractivity contribution in [3.63, 3.8) is 0 Å². The maximum Gasteiger partial charge on any atom is 0.232 e. The van der Waals surface area contributed by atoms with Crippen LogP contribution in [0.2, 0.25) is 0 Å². The highest BCUT2D eigenvalue weighted by Gasteiger charge is 2.07. The number of rotatable bonds is 5. The smallest absolute Gasteiger partial charge is 0.232 e. The van der Waals surface area contributed by atoms with Gasteiger partial charge in [-0.2, -0.15) is 5.26 Å². The Hall–Kier alpha value is -2.41. The Bertz CT molecular complexity index is 658. The number of nitrogens with zero attached hydrogens (tertiary/aromatic N) is 4. The first-order valence-corrected chi connectivity index (χ1v) is 7.16. The first kappa shape index (κ1) is 15.0. The van der Waals surface area contributed by atoms with Crippen LogP contribution in [0.15, 0.2) is 30.5 Å². The molecule has 2 aromatic rings. The van der Waals surface area contributed by atoms with E-state index in [0.29, 0.717) is 0 Å². The van der Waals surface area contributed by atoms with Gasteiger partial charge in [-0.15, -0.1) is 0 Å². The van der Waals surface area contributed by atoms with Gasteiger partial charge in [-0.1, -0.05) is 19.1 Å². The molecule has 0 aliphatic carbocycles. The molecule has 0 N–H and O–H groups in total. The molecule has 0 aliphatic heterocycles. The van der Waals surface area contributed by atoms with Gasteiger partial charge in [0.2, 0.25) is 5.82 Å². The Labute approximate surface area is 126 Å². The van der Waals surface area contributed by atoms with Gasteiger partial charge < -0.3 is 4.90 Å². The second kappa shape index (κ2) is 6.85. The van der Waals surface area contributed by atoms with E-state index in [9.17, 15) is 0 Å². The highest BCUT2D eigenvalue weighted by atomic mass is 15.1. The van der Waals surface area contributed by atoms with Crippen molar-refractivity contribution in [2.45, 2.75) is 26.7 Å². The van der Waals surface area contributed by atoms with Crippen molar-refractivity contribution >= 4 is 5.69 Å². The van der Waals surface area contributed by atoms with Crippen molar-refractivity contribution < 1.29 is 0 Å². The minimum Gasteiger partial charge on any atom is -0.375 e. The highest BCUT2D eigenvalue weighted by Crippen LogP contribution is 2.18. The zero-order chi connectivity index (χ0) is 15.2. The zero-order valence-electron chi connectivity index (χ0n) is 12.8. The third kappa shape index (κ3) is 3.79. The van der Waals surface area contributed by atoms with Gasteiger partial charge in [-0.05, 0) is 36.6 Å². The molecule has 0 atom stereocenters. The van der Waals surface area contributed by atoms with Crippen LogP contribution in [0.1, 0.15) is 36.0 Å². The van der Waals surface area contributed by atoms with Crippen molar-refractivity contribution in [2.24, 2.45) is 0 Å². The van der Waals surface area contributed by atoms with Crippen molar-refractivity contribution in [1.29, 1.82) is 5.26 Å². The van der Waals surface area contributed by atoms with Gasteiger partial charge >= 0.3 is 0 Å². The molecule has 1 heterocycles. The van der Waals surface area contributed by atoms with Crippen LogP contribution < -0.4 is 4.90 Å². The number of hydrogen-bond acceptors (Lipinski definition) is 4. The Morgan fingerprint density at radius 1 is 1.33 bits per heavy atom. The number of anilines is 1. The molecule has 4 nitrogen and oxygen atoms in total. The fraction of sp³-hybridized carbons (Fsp3) is 0.353. The fourth-order valence-corrected chi connectivity index (χ4v) is 2.27. The molecule has 108 valence electrons. The van der Waals surface area contributed by atoms with Gasteiger partial charge in [0.15, 0.2) is 0 Å². The second-order valence-electron chi connectivity index (χ2n) is 5.20. The summed E-state index contributed by atoms with van der Waals surface area (Å²) < 4.78 is 0. The number of benzene rings is 1. The predicted molar refractivity (Wildman–Crippen MR) is 84.3 cm³/mol. The molecule has 0 radical (unpaired) electrons. The van der Waals surface area contributed by atoms with E-state index in [0.717, 1.165) is 30.6 Å². The minimum absolute atomic E-state index is 0.231. The number of nitriles is 1. The lowest BCUT2D eigenvalue weighted by atomic mass is 10.1. The van der Waals surface area contributed by atoms with Gasteiger partial charge in [0.05, 0.1) is 5.69 Å². The predicted octanol–water partition coefficient (Wildman–Crippen LogP) is 3.09. The molecule has 0 saturated heterocycles. The van der Waals surface area contributed by atoms with Crippen LogP contribution in [0, 0.1) is 18.3 Å². The van der Waals surface area contributed by atoms with E-state index >= 15 is 0 Å². The molecule has 0 bridgehead atoms. The zero-order valence-corrected chi connectivity index (χ0v) is 12.8. The van der Waals surface area contributed by atoms with Gasteiger partial charge in [0, 0.05) is 31.9 Å². The van der Waals surface area contributed by atoms with Crippen LogP contribution in [0.5, 0.6) is 0 Å². The number of aromatic nitrogens is 2. The van der Waals surface area contributed by atoms with E-state index in [4.69, 9.17) is 5.26 Å². The highest BCUT2D eigenvalue weighted by molar-refractivity contribution is 5.48. The SMILES string of the molecule is CCCN(C)c1cccc(Cc2nc(C#N)ncc2C)c1. The summed E-state index contributed by atoms with van der Waals surface area (Å²) in [6, 6.07) is 10.5. The molecule has 21 heavy (non-hydrogen) atoms. The van der Waals surface area contributed by atoms with E-state index < -0.39 is 0 Å². The summed E-state index contributed by atoms with van der Waals surface area (Å²) >= 11 is 0. The molecule has 0 aliphatic rings. The molecule has 0 spiro atoms. The lowest BCUT2D eigenvalue weighted by Gasteiger charge is -2.19. The Morgan fingerprint density at radius 3 is 2.86 bits per heavy atom. The van der Waals surface area contributed by atoms with Crippen LogP contribution in [0.4, 0.5) is 5.69 Å². The summed E-state index contributed by atoms with van der Waals surface area (Å²) in [4.78, 5) is 10.5. The van der Waals surface area contributed by atoms with Crippen molar-refractivity contribution in [3.05, 3.63) is 53.1 Å². The molecule has 0 fully saturated rings. The average molecular weight is 280 g/mol. The van der Waals surface area contributed by atoms with Gasteiger partial charge in [0.1, 0.15) is 6.07 Å². The molecule has 4 heteroatoms. The molecular weight excluding hydrogens is 260 g/mol. The van der Waals surface area contributed by atoms with Crippen molar-refractivity contribution in [1.82, 2.24) is 9.97 Å². The molecule has 1 aromatic heterocycles. The maximum absolute atomic E-state index is 8.91. The molecular formula is C17H20N4. The lowest BCUT2D eigenvalue weighted by molar-refractivity contribution is 0.851. The Kier molecular flexibility index (Phi) is 4.89. The fourth-order valence-electron chi connectivity index (χ4n) is 2.27. The first-order valence-electron chi connectivity index (χ1n) is 7.16. The Balaban J connectivity index is 2.24. The largest absolute Gasteiger partial charge is 0.375 e. The van der Waals surface area contributed by atoms with E-state index in [2.05, 4.69) is 53.1 Å². The summed E-state index contributed by atoms with van der Waals surface area (Å²) in [5.41, 5.74) is 4.33. The van der Waals surface area contributed by atoms with Gasteiger partial charge in [-0.3, -0.25) is 0 Å². The molecule has 0 unspecified atom stereocenters. The summed E-state index contributed by atoms with van der Waals surface area (Å²) in [6.07, 6.45) is 3.56. The van der Waals surface area contributed by atoms with Crippen LogP contribution in [0.3, 0.4) is 0 Å². The van der Waals surface area contributed by atoms with Crippen LogP contribution >= 0.6 is 0 Å². The monoisotopic (exact) mass is 280 g/mol. The molecule has 0 amide bonds. The third-order valence-electron chi connectivity index (χ3n) is 3.46. The minimum atomic E-state index is 0.231. The molecule has 1 aromatic carbocycles. The standard InChI is InChI=1S/C17H20N4/c1-4-8-21(3)15-7-5-6-14(9-15)10-16-13(2)12-19-17(11-18)20-16/h5-7,9,12H,4,8,10H2,1-3H3. The van der Waals surface area contributed by atoms with Crippen molar-refractivity contribution in [2.75, 3.05) is 18.5 Å². The van der Waals surface area contributed by atoms with Crippen molar-refractivity contribution in [3.8, 4) is 6.07 Å². The van der Waals surface area contributed by atoms with E-state index in [-0.39, 0.29) is 5.82 Å². The summed E-state index contributed by atoms with van der Waals surface area (Å²) in [7, 11) is 2.10. The van der Waals surface area contributed by atoms with E-state index in [1.807, 2.05) is 13.0 Å².